The predicted octanol–water partition coefficient (Wildman–Crippen LogP) is 2.79. The molecule has 0 spiro atoms. The summed E-state index contributed by atoms with van der Waals surface area (Å²) in [6.07, 6.45) is 1.79. The Hall–Kier alpha value is -1.53. The lowest BCUT2D eigenvalue weighted by molar-refractivity contribution is 0.108. The van der Waals surface area contributed by atoms with Gasteiger partial charge < -0.3 is 5.32 Å². The van der Waals surface area contributed by atoms with E-state index in [0.717, 1.165) is 35.6 Å². The first-order valence-electron chi connectivity index (χ1n) is 6.88. The number of thiazole rings is 1. The zero-order chi connectivity index (χ0) is 14.1. The van der Waals surface area contributed by atoms with Crippen LogP contribution < -0.4 is 5.32 Å². The van der Waals surface area contributed by atoms with E-state index in [1.165, 1.54) is 0 Å². The van der Waals surface area contributed by atoms with Gasteiger partial charge in [-0.25, -0.2) is 15.0 Å². The van der Waals surface area contributed by atoms with Gasteiger partial charge in [-0.1, -0.05) is 0 Å². The first-order chi connectivity index (χ1) is 9.61. The van der Waals surface area contributed by atoms with Gasteiger partial charge in [0.1, 0.15) is 11.6 Å². The Bertz CT molecular complexity index is 575. The molecule has 1 saturated heterocycles. The Morgan fingerprint density at radius 3 is 2.80 bits per heavy atom. The molecular weight excluding hydrogens is 270 g/mol. The van der Waals surface area contributed by atoms with E-state index in [1.54, 1.807) is 17.5 Å². The number of aryl methyl sites for hydroxylation is 1. The molecule has 1 aliphatic heterocycles. The Morgan fingerprint density at radius 1 is 1.35 bits per heavy atom. The molecule has 0 aliphatic carbocycles. The number of likely N-dealkylation sites (tertiary alicyclic amines) is 1. The molecule has 0 bridgehead atoms. The van der Waals surface area contributed by atoms with Crippen LogP contribution >= 0.6 is 11.3 Å². The van der Waals surface area contributed by atoms with E-state index in [-0.39, 0.29) is 0 Å². The molecule has 0 atom stereocenters. The highest BCUT2D eigenvalue weighted by molar-refractivity contribution is 7.13. The summed E-state index contributed by atoms with van der Waals surface area (Å²) >= 11 is 1.57. The van der Waals surface area contributed by atoms with Crippen molar-refractivity contribution >= 4 is 22.3 Å². The SMILES string of the molecule is Cc1nc(Nc2nccs2)cc(C2CN(C(C)C)C2)n1. The maximum atomic E-state index is 4.58. The average Bonchev–Trinajstić information content (AvgIpc) is 2.78. The minimum atomic E-state index is 0.524. The van der Waals surface area contributed by atoms with Crippen LogP contribution in [0.25, 0.3) is 0 Å². The molecular formula is C14H19N5S. The standard InChI is InChI=1S/C14H19N5S/c1-9(2)19-7-11(8-19)12-6-13(17-10(3)16-12)18-14-15-4-5-20-14/h4-6,9,11H,7-8H2,1-3H3,(H,15,16,17,18). The maximum absolute atomic E-state index is 4.58. The van der Waals surface area contributed by atoms with Gasteiger partial charge in [-0.3, -0.25) is 4.90 Å². The summed E-state index contributed by atoms with van der Waals surface area (Å²) in [5.41, 5.74) is 1.13. The molecule has 1 fully saturated rings. The third-order valence-electron chi connectivity index (χ3n) is 3.58. The van der Waals surface area contributed by atoms with E-state index in [2.05, 4.69) is 45.1 Å². The Labute approximate surface area is 123 Å². The zero-order valence-electron chi connectivity index (χ0n) is 12.0. The largest absolute Gasteiger partial charge is 0.316 e. The molecule has 1 aliphatic rings. The fraction of sp³-hybridized carbons (Fsp3) is 0.500. The smallest absolute Gasteiger partial charge is 0.188 e. The van der Waals surface area contributed by atoms with Crippen LogP contribution in [0.5, 0.6) is 0 Å². The van der Waals surface area contributed by atoms with Crippen LogP contribution in [0.4, 0.5) is 10.9 Å². The highest BCUT2D eigenvalue weighted by atomic mass is 32.1. The Kier molecular flexibility index (Phi) is 3.67. The lowest BCUT2D eigenvalue weighted by Gasteiger charge is -2.41. The molecule has 0 unspecified atom stereocenters. The number of nitrogens with zero attached hydrogens (tertiary/aromatic N) is 4. The van der Waals surface area contributed by atoms with Crippen molar-refractivity contribution in [3.8, 4) is 0 Å². The third-order valence-corrected chi connectivity index (χ3v) is 4.27. The van der Waals surface area contributed by atoms with Gasteiger partial charge in [0.2, 0.25) is 0 Å². The Morgan fingerprint density at radius 2 is 2.15 bits per heavy atom. The minimum absolute atomic E-state index is 0.524. The van der Waals surface area contributed by atoms with Crippen molar-refractivity contribution < 1.29 is 0 Å². The highest BCUT2D eigenvalue weighted by Gasteiger charge is 2.31. The summed E-state index contributed by atoms with van der Waals surface area (Å²) < 4.78 is 0. The van der Waals surface area contributed by atoms with Gasteiger partial charge in [-0.05, 0) is 20.8 Å². The second-order valence-electron chi connectivity index (χ2n) is 5.43. The van der Waals surface area contributed by atoms with E-state index in [0.29, 0.717) is 12.0 Å². The van der Waals surface area contributed by atoms with Crippen molar-refractivity contribution in [1.82, 2.24) is 19.9 Å². The lowest BCUT2D eigenvalue weighted by atomic mass is 9.94. The van der Waals surface area contributed by atoms with Crippen molar-refractivity contribution in [3.05, 3.63) is 29.2 Å². The van der Waals surface area contributed by atoms with Crippen molar-refractivity contribution in [3.63, 3.8) is 0 Å². The molecule has 0 saturated carbocycles. The first-order valence-corrected chi connectivity index (χ1v) is 7.76. The molecule has 106 valence electrons. The summed E-state index contributed by atoms with van der Waals surface area (Å²) in [6.45, 7) is 8.58. The minimum Gasteiger partial charge on any atom is -0.316 e. The quantitative estimate of drug-likeness (QED) is 0.938. The average molecular weight is 289 g/mol. The van der Waals surface area contributed by atoms with Crippen molar-refractivity contribution in [2.75, 3.05) is 18.4 Å². The molecule has 0 radical (unpaired) electrons. The van der Waals surface area contributed by atoms with E-state index >= 15 is 0 Å². The number of nitrogens with one attached hydrogen (secondary N) is 1. The molecule has 20 heavy (non-hydrogen) atoms. The van der Waals surface area contributed by atoms with Crippen LogP contribution in [0.2, 0.25) is 0 Å². The predicted molar refractivity (Wildman–Crippen MR) is 81.6 cm³/mol. The van der Waals surface area contributed by atoms with Crippen LogP contribution in [-0.4, -0.2) is 39.0 Å². The van der Waals surface area contributed by atoms with Crippen LogP contribution in [-0.2, 0) is 0 Å². The molecule has 5 nitrogen and oxygen atoms in total. The maximum Gasteiger partial charge on any atom is 0.188 e. The van der Waals surface area contributed by atoms with Gasteiger partial charge in [-0.2, -0.15) is 0 Å². The summed E-state index contributed by atoms with van der Waals surface area (Å²) in [7, 11) is 0. The van der Waals surface area contributed by atoms with Gasteiger partial charge in [0, 0.05) is 42.7 Å². The van der Waals surface area contributed by atoms with Crippen LogP contribution in [0.1, 0.15) is 31.3 Å². The summed E-state index contributed by atoms with van der Waals surface area (Å²) in [4.78, 5) is 15.7. The van der Waals surface area contributed by atoms with E-state index in [1.807, 2.05) is 12.3 Å². The highest BCUT2D eigenvalue weighted by Crippen LogP contribution is 2.29. The van der Waals surface area contributed by atoms with Gasteiger partial charge in [0.25, 0.3) is 0 Å². The first kappa shape index (κ1) is 13.5. The number of hydrogen-bond acceptors (Lipinski definition) is 6. The fourth-order valence-corrected chi connectivity index (χ4v) is 2.92. The molecule has 1 N–H and O–H groups in total. The number of anilines is 2. The van der Waals surface area contributed by atoms with Gasteiger partial charge in [-0.15, -0.1) is 11.3 Å². The van der Waals surface area contributed by atoms with Gasteiger partial charge >= 0.3 is 0 Å². The topological polar surface area (TPSA) is 53.9 Å². The van der Waals surface area contributed by atoms with E-state index in [4.69, 9.17) is 0 Å². The molecule has 2 aromatic heterocycles. The number of rotatable bonds is 4. The van der Waals surface area contributed by atoms with Gasteiger partial charge in [0.05, 0.1) is 5.69 Å². The molecule has 0 aromatic carbocycles. The van der Waals surface area contributed by atoms with Crippen LogP contribution in [0, 0.1) is 6.92 Å². The molecule has 6 heteroatoms. The zero-order valence-corrected chi connectivity index (χ0v) is 12.8. The molecule has 3 heterocycles. The van der Waals surface area contributed by atoms with Crippen molar-refractivity contribution in [2.45, 2.75) is 32.7 Å². The number of hydrogen-bond donors (Lipinski definition) is 1. The van der Waals surface area contributed by atoms with Crippen molar-refractivity contribution in [2.24, 2.45) is 0 Å². The fourth-order valence-electron chi connectivity index (χ4n) is 2.38. The van der Waals surface area contributed by atoms with Crippen LogP contribution in [0.3, 0.4) is 0 Å². The van der Waals surface area contributed by atoms with Gasteiger partial charge in [0.15, 0.2) is 5.13 Å². The number of aromatic nitrogens is 3. The van der Waals surface area contributed by atoms with Crippen LogP contribution in [0.15, 0.2) is 17.6 Å². The second-order valence-corrected chi connectivity index (χ2v) is 6.33. The monoisotopic (exact) mass is 289 g/mol. The molecule has 0 amide bonds. The summed E-state index contributed by atoms with van der Waals surface area (Å²) in [6, 6.07) is 2.67. The summed E-state index contributed by atoms with van der Waals surface area (Å²) in [5, 5.41) is 6.06. The lowest BCUT2D eigenvalue weighted by Crippen LogP contribution is -2.48. The normalized spacial score (nSPS) is 16.4. The van der Waals surface area contributed by atoms with Crippen molar-refractivity contribution in [1.29, 1.82) is 0 Å². The third kappa shape index (κ3) is 2.81. The second kappa shape index (κ2) is 5.46. The molecule has 2 aromatic rings. The Balaban J connectivity index is 1.74. The van der Waals surface area contributed by atoms with E-state index < -0.39 is 0 Å². The molecule has 3 rings (SSSR count). The van der Waals surface area contributed by atoms with E-state index in [9.17, 15) is 0 Å². The summed E-state index contributed by atoms with van der Waals surface area (Å²) in [5.74, 6) is 2.17.